The fourth-order valence-corrected chi connectivity index (χ4v) is 2.19. The molecule has 5 nitrogen and oxygen atoms in total. The molecule has 1 atom stereocenters. The minimum Gasteiger partial charge on any atom is -0.337 e. The molecule has 9 heteroatoms. The molecule has 0 aliphatic carbocycles. The van der Waals surface area contributed by atoms with Crippen LogP contribution in [0.25, 0.3) is 0 Å². The average molecular weight is 349 g/mol. The molecule has 1 aromatic rings. The quantitative estimate of drug-likeness (QED) is 0.691. The van der Waals surface area contributed by atoms with Crippen LogP contribution in [-0.2, 0) is 4.79 Å². The standard InChI is InChI=1S/C14H18F3N3O2S/c1-9(11-4-3-5-12(8-11)20-10(2)21)19-13(22)18-6-7-23-14(15,16)17/h3-5,8-9H,6-7H2,1-2H3,(H,20,21)(H2,18,19,22). The molecular formula is C14H18F3N3O2S. The van der Waals surface area contributed by atoms with Crippen molar-refractivity contribution in [2.24, 2.45) is 0 Å². The monoisotopic (exact) mass is 349 g/mol. The Morgan fingerprint density at radius 1 is 1.30 bits per heavy atom. The van der Waals surface area contributed by atoms with Gasteiger partial charge in [-0.2, -0.15) is 13.2 Å². The van der Waals surface area contributed by atoms with Gasteiger partial charge in [0.25, 0.3) is 0 Å². The Balaban J connectivity index is 2.44. The van der Waals surface area contributed by atoms with Crippen molar-refractivity contribution in [3.8, 4) is 0 Å². The van der Waals surface area contributed by atoms with Crippen molar-refractivity contribution in [2.75, 3.05) is 17.6 Å². The summed E-state index contributed by atoms with van der Waals surface area (Å²) in [6.45, 7) is 3.03. The highest BCUT2D eigenvalue weighted by Crippen LogP contribution is 2.29. The highest BCUT2D eigenvalue weighted by molar-refractivity contribution is 8.00. The van der Waals surface area contributed by atoms with Gasteiger partial charge in [-0.1, -0.05) is 12.1 Å². The van der Waals surface area contributed by atoms with Crippen molar-refractivity contribution < 1.29 is 22.8 Å². The van der Waals surface area contributed by atoms with Gasteiger partial charge in [-0.3, -0.25) is 4.79 Å². The van der Waals surface area contributed by atoms with Crippen LogP contribution in [0.5, 0.6) is 0 Å². The van der Waals surface area contributed by atoms with Crippen LogP contribution in [0.2, 0.25) is 0 Å². The Kier molecular flexibility index (Phi) is 7.21. The van der Waals surface area contributed by atoms with Gasteiger partial charge in [-0.15, -0.1) is 0 Å². The van der Waals surface area contributed by atoms with E-state index in [1.54, 1.807) is 31.2 Å². The average Bonchev–Trinajstić information content (AvgIpc) is 2.42. The van der Waals surface area contributed by atoms with E-state index in [2.05, 4.69) is 16.0 Å². The van der Waals surface area contributed by atoms with Crippen LogP contribution in [0.1, 0.15) is 25.5 Å². The maximum Gasteiger partial charge on any atom is 0.441 e. The van der Waals surface area contributed by atoms with Crippen molar-refractivity contribution in [3.63, 3.8) is 0 Å². The van der Waals surface area contributed by atoms with Gasteiger partial charge in [-0.05, 0) is 36.4 Å². The number of hydrogen-bond acceptors (Lipinski definition) is 3. The number of benzene rings is 1. The van der Waals surface area contributed by atoms with Gasteiger partial charge in [0.05, 0.1) is 6.04 Å². The second kappa shape index (κ2) is 8.66. The van der Waals surface area contributed by atoms with E-state index < -0.39 is 11.5 Å². The first-order chi connectivity index (χ1) is 10.7. The lowest BCUT2D eigenvalue weighted by atomic mass is 10.1. The summed E-state index contributed by atoms with van der Waals surface area (Å²) >= 11 is -0.184. The fraction of sp³-hybridized carbons (Fsp3) is 0.429. The molecule has 0 aliphatic rings. The Morgan fingerprint density at radius 2 is 2.00 bits per heavy atom. The second-order valence-electron chi connectivity index (χ2n) is 4.72. The number of alkyl halides is 3. The number of anilines is 1. The molecule has 1 aromatic carbocycles. The summed E-state index contributed by atoms with van der Waals surface area (Å²) in [6.07, 6.45) is 0. The summed E-state index contributed by atoms with van der Waals surface area (Å²) in [5.41, 5.74) is -2.93. The zero-order valence-electron chi connectivity index (χ0n) is 12.7. The van der Waals surface area contributed by atoms with E-state index in [-0.39, 0.29) is 36.0 Å². The number of rotatable bonds is 6. The molecule has 0 saturated heterocycles. The Morgan fingerprint density at radius 3 is 2.61 bits per heavy atom. The van der Waals surface area contributed by atoms with E-state index in [1.807, 2.05) is 0 Å². The number of carbonyl (C=O) groups excluding carboxylic acids is 2. The Hall–Kier alpha value is -1.90. The molecule has 0 aromatic heterocycles. The topological polar surface area (TPSA) is 70.2 Å². The molecule has 0 spiro atoms. The normalized spacial score (nSPS) is 12.4. The van der Waals surface area contributed by atoms with Gasteiger partial charge >= 0.3 is 11.5 Å². The molecule has 128 valence electrons. The number of hydrogen-bond donors (Lipinski definition) is 3. The third-order valence-corrected chi connectivity index (χ3v) is 3.44. The molecule has 0 saturated carbocycles. The van der Waals surface area contributed by atoms with E-state index >= 15 is 0 Å². The maximum atomic E-state index is 11.9. The number of thioether (sulfide) groups is 1. The predicted molar refractivity (Wildman–Crippen MR) is 84.2 cm³/mol. The van der Waals surface area contributed by atoms with Gasteiger partial charge in [0.1, 0.15) is 0 Å². The Bertz CT molecular complexity index is 552. The highest BCUT2D eigenvalue weighted by Gasteiger charge is 2.27. The zero-order chi connectivity index (χ0) is 17.5. The summed E-state index contributed by atoms with van der Waals surface area (Å²) in [5, 5.41) is 7.62. The molecule has 23 heavy (non-hydrogen) atoms. The van der Waals surface area contributed by atoms with E-state index in [4.69, 9.17) is 0 Å². The number of urea groups is 1. The van der Waals surface area contributed by atoms with Crippen molar-refractivity contribution in [3.05, 3.63) is 29.8 Å². The number of amides is 3. The van der Waals surface area contributed by atoms with Gasteiger partial charge in [0, 0.05) is 24.9 Å². The number of halogens is 3. The van der Waals surface area contributed by atoms with Gasteiger partial charge < -0.3 is 16.0 Å². The van der Waals surface area contributed by atoms with Crippen LogP contribution in [0.15, 0.2) is 24.3 Å². The molecule has 1 unspecified atom stereocenters. The third-order valence-electron chi connectivity index (χ3n) is 2.71. The first kappa shape index (κ1) is 19.1. The lowest BCUT2D eigenvalue weighted by molar-refractivity contribution is -0.114. The van der Waals surface area contributed by atoms with Crippen LogP contribution >= 0.6 is 11.8 Å². The first-order valence-electron chi connectivity index (χ1n) is 6.80. The van der Waals surface area contributed by atoms with E-state index in [1.165, 1.54) is 6.92 Å². The smallest absolute Gasteiger partial charge is 0.337 e. The van der Waals surface area contributed by atoms with Crippen LogP contribution in [-0.4, -0.2) is 29.7 Å². The fourth-order valence-electron chi connectivity index (χ4n) is 1.75. The third kappa shape index (κ3) is 8.34. The van der Waals surface area contributed by atoms with Crippen molar-refractivity contribution in [2.45, 2.75) is 25.4 Å². The van der Waals surface area contributed by atoms with Gasteiger partial charge in [0.15, 0.2) is 0 Å². The first-order valence-corrected chi connectivity index (χ1v) is 7.78. The Labute approximate surface area is 136 Å². The second-order valence-corrected chi connectivity index (χ2v) is 5.88. The summed E-state index contributed by atoms with van der Waals surface area (Å²) in [5.74, 6) is -0.453. The van der Waals surface area contributed by atoms with Crippen molar-refractivity contribution in [1.29, 1.82) is 0 Å². The molecule has 0 bridgehead atoms. The van der Waals surface area contributed by atoms with Gasteiger partial charge in [-0.25, -0.2) is 4.79 Å². The molecule has 0 aliphatic heterocycles. The van der Waals surface area contributed by atoms with Crippen LogP contribution in [0.4, 0.5) is 23.7 Å². The molecule has 0 heterocycles. The summed E-state index contributed by atoms with van der Waals surface area (Å²) in [4.78, 5) is 22.6. The minimum absolute atomic E-state index is 0.0886. The highest BCUT2D eigenvalue weighted by atomic mass is 32.2. The molecule has 0 fully saturated rings. The molecule has 3 amide bonds. The lowest BCUT2D eigenvalue weighted by Gasteiger charge is -2.16. The van der Waals surface area contributed by atoms with Crippen LogP contribution < -0.4 is 16.0 Å². The van der Waals surface area contributed by atoms with E-state index in [0.717, 1.165) is 5.56 Å². The summed E-state index contributed by atoms with van der Waals surface area (Å²) < 4.78 is 35.8. The summed E-state index contributed by atoms with van der Waals surface area (Å²) in [7, 11) is 0. The van der Waals surface area contributed by atoms with Crippen molar-refractivity contribution >= 4 is 29.4 Å². The van der Waals surface area contributed by atoms with E-state index in [0.29, 0.717) is 5.69 Å². The van der Waals surface area contributed by atoms with Gasteiger partial charge in [0.2, 0.25) is 5.91 Å². The number of carbonyl (C=O) groups is 2. The van der Waals surface area contributed by atoms with Crippen LogP contribution in [0, 0.1) is 0 Å². The lowest BCUT2D eigenvalue weighted by Crippen LogP contribution is -2.38. The van der Waals surface area contributed by atoms with Crippen molar-refractivity contribution in [1.82, 2.24) is 10.6 Å². The predicted octanol–water partition coefficient (Wildman–Crippen LogP) is 3.26. The number of nitrogens with one attached hydrogen (secondary N) is 3. The molecular weight excluding hydrogens is 331 g/mol. The zero-order valence-corrected chi connectivity index (χ0v) is 13.5. The SMILES string of the molecule is CC(=O)Nc1cccc(C(C)NC(=O)NCCSC(F)(F)F)c1. The minimum atomic E-state index is -4.30. The molecule has 0 radical (unpaired) electrons. The molecule has 1 rings (SSSR count). The molecule has 3 N–H and O–H groups in total. The summed E-state index contributed by atoms with van der Waals surface area (Å²) in [6, 6.07) is 6.02. The van der Waals surface area contributed by atoms with Crippen LogP contribution in [0.3, 0.4) is 0 Å². The van der Waals surface area contributed by atoms with E-state index in [9.17, 15) is 22.8 Å². The maximum absolute atomic E-state index is 11.9. The largest absolute Gasteiger partial charge is 0.441 e.